The fourth-order valence-corrected chi connectivity index (χ4v) is 3.63. The third kappa shape index (κ3) is 4.94. The van der Waals surface area contributed by atoms with Crippen molar-refractivity contribution >= 4 is 34.3 Å². The molecule has 0 unspecified atom stereocenters. The number of benzene rings is 2. The number of hydrogen-bond acceptors (Lipinski definition) is 6. The van der Waals surface area contributed by atoms with Gasteiger partial charge in [0, 0.05) is 24.5 Å². The lowest BCUT2D eigenvalue weighted by atomic mass is 10.2. The molecule has 156 valence electrons. The first-order chi connectivity index (χ1) is 14.7. The summed E-state index contributed by atoms with van der Waals surface area (Å²) in [6, 6.07) is 15.1. The number of para-hydroxylation sites is 1. The Morgan fingerprint density at radius 1 is 0.967 bits per heavy atom. The quantitative estimate of drug-likeness (QED) is 0.632. The van der Waals surface area contributed by atoms with Gasteiger partial charge in [-0.2, -0.15) is 0 Å². The summed E-state index contributed by atoms with van der Waals surface area (Å²) < 4.78 is 6.54. The lowest BCUT2D eigenvalue weighted by Gasteiger charge is -2.22. The first kappa shape index (κ1) is 19.9. The van der Waals surface area contributed by atoms with Crippen LogP contribution in [0.25, 0.3) is 11.0 Å². The first-order valence-corrected chi connectivity index (χ1v) is 10.3. The maximum absolute atomic E-state index is 12.1. The summed E-state index contributed by atoms with van der Waals surface area (Å²) in [6.07, 6.45) is 5.01. The van der Waals surface area contributed by atoms with Gasteiger partial charge in [-0.25, -0.2) is 4.68 Å². The number of fused-ring (bicyclic) bond motifs is 1. The van der Waals surface area contributed by atoms with E-state index in [0.717, 1.165) is 18.6 Å². The Morgan fingerprint density at radius 3 is 2.47 bits per heavy atom. The molecule has 30 heavy (non-hydrogen) atoms. The summed E-state index contributed by atoms with van der Waals surface area (Å²) in [6.45, 7) is 1.70. The van der Waals surface area contributed by atoms with E-state index in [1.807, 2.05) is 48.5 Å². The Morgan fingerprint density at radius 2 is 1.70 bits per heavy atom. The molecule has 8 nitrogen and oxygen atoms in total. The van der Waals surface area contributed by atoms with Gasteiger partial charge in [-0.1, -0.05) is 30.2 Å². The van der Waals surface area contributed by atoms with Gasteiger partial charge in [0.05, 0.1) is 5.52 Å². The molecule has 0 bridgehead atoms. The van der Waals surface area contributed by atoms with E-state index in [4.69, 9.17) is 4.74 Å². The molecule has 8 heteroatoms. The van der Waals surface area contributed by atoms with Crippen LogP contribution < -0.4 is 10.2 Å². The molecule has 1 aliphatic rings. The number of esters is 1. The van der Waals surface area contributed by atoms with Crippen LogP contribution in [0, 0.1) is 0 Å². The summed E-state index contributed by atoms with van der Waals surface area (Å²) in [5.74, 6) is -0.924. The zero-order valence-corrected chi connectivity index (χ0v) is 16.8. The SMILES string of the molecule is O=C(COC(=O)Cn1nnc2ccccc21)Nc1ccc(N2CCCCCC2)cc1. The van der Waals surface area contributed by atoms with E-state index in [0.29, 0.717) is 11.2 Å². The second-order valence-corrected chi connectivity index (χ2v) is 7.39. The fourth-order valence-electron chi connectivity index (χ4n) is 3.63. The van der Waals surface area contributed by atoms with Gasteiger partial charge in [-0.15, -0.1) is 5.10 Å². The first-order valence-electron chi connectivity index (χ1n) is 10.3. The highest BCUT2D eigenvalue weighted by Gasteiger charge is 2.13. The number of carbonyl (C=O) groups is 2. The van der Waals surface area contributed by atoms with Crippen molar-refractivity contribution in [3.63, 3.8) is 0 Å². The van der Waals surface area contributed by atoms with Crippen molar-refractivity contribution < 1.29 is 14.3 Å². The van der Waals surface area contributed by atoms with Gasteiger partial charge in [0.1, 0.15) is 12.1 Å². The minimum atomic E-state index is -0.544. The van der Waals surface area contributed by atoms with Gasteiger partial charge in [-0.05, 0) is 49.2 Å². The van der Waals surface area contributed by atoms with Crippen LogP contribution in [0.1, 0.15) is 25.7 Å². The molecule has 1 aromatic heterocycles. The van der Waals surface area contributed by atoms with Gasteiger partial charge in [0.25, 0.3) is 5.91 Å². The van der Waals surface area contributed by atoms with Crippen LogP contribution in [0.5, 0.6) is 0 Å². The molecule has 0 aliphatic carbocycles. The van der Waals surface area contributed by atoms with Gasteiger partial charge >= 0.3 is 5.97 Å². The van der Waals surface area contributed by atoms with E-state index >= 15 is 0 Å². The number of rotatable bonds is 6. The molecule has 1 saturated heterocycles. The molecular formula is C22H25N5O3. The summed E-state index contributed by atoms with van der Waals surface area (Å²) in [7, 11) is 0. The second kappa shape index (κ2) is 9.39. The van der Waals surface area contributed by atoms with Crippen LogP contribution in [0.15, 0.2) is 48.5 Å². The second-order valence-electron chi connectivity index (χ2n) is 7.39. The van der Waals surface area contributed by atoms with Crippen LogP contribution in [-0.2, 0) is 20.9 Å². The van der Waals surface area contributed by atoms with E-state index in [1.54, 1.807) is 0 Å². The number of anilines is 2. The molecule has 0 radical (unpaired) electrons. The Labute approximate surface area is 174 Å². The lowest BCUT2D eigenvalue weighted by Crippen LogP contribution is -2.24. The molecule has 1 amide bonds. The minimum absolute atomic E-state index is 0.0989. The molecule has 2 aromatic carbocycles. The number of aromatic nitrogens is 3. The predicted molar refractivity (Wildman–Crippen MR) is 114 cm³/mol. The maximum Gasteiger partial charge on any atom is 0.328 e. The normalized spacial score (nSPS) is 14.3. The maximum atomic E-state index is 12.1. The molecule has 4 rings (SSSR count). The topological polar surface area (TPSA) is 89.4 Å². The third-order valence-corrected chi connectivity index (χ3v) is 5.19. The van der Waals surface area contributed by atoms with Crippen LogP contribution in [0.4, 0.5) is 11.4 Å². The Bertz CT molecular complexity index is 1010. The van der Waals surface area contributed by atoms with E-state index in [9.17, 15) is 9.59 Å². The molecule has 0 saturated carbocycles. The monoisotopic (exact) mass is 407 g/mol. The smallest absolute Gasteiger partial charge is 0.328 e. The number of nitrogens with one attached hydrogen (secondary N) is 1. The third-order valence-electron chi connectivity index (χ3n) is 5.19. The van der Waals surface area contributed by atoms with Crippen molar-refractivity contribution in [3.05, 3.63) is 48.5 Å². The van der Waals surface area contributed by atoms with E-state index < -0.39 is 5.97 Å². The zero-order chi connectivity index (χ0) is 20.8. The number of nitrogens with zero attached hydrogens (tertiary/aromatic N) is 4. The molecule has 0 atom stereocenters. The minimum Gasteiger partial charge on any atom is -0.454 e. The molecule has 1 aliphatic heterocycles. The van der Waals surface area contributed by atoms with Crippen molar-refractivity contribution in [2.24, 2.45) is 0 Å². The van der Waals surface area contributed by atoms with Crippen LogP contribution in [-0.4, -0.2) is 46.6 Å². The molecular weight excluding hydrogens is 382 g/mol. The number of hydrogen-bond donors (Lipinski definition) is 1. The van der Waals surface area contributed by atoms with Crippen molar-refractivity contribution in [2.75, 3.05) is 29.9 Å². The molecule has 3 aromatic rings. The van der Waals surface area contributed by atoms with Crippen molar-refractivity contribution in [1.29, 1.82) is 0 Å². The Kier molecular flexibility index (Phi) is 6.22. The van der Waals surface area contributed by atoms with Crippen LogP contribution in [0.2, 0.25) is 0 Å². The average Bonchev–Trinajstić information content (AvgIpc) is 2.97. The molecule has 0 spiro atoms. The van der Waals surface area contributed by atoms with E-state index in [2.05, 4.69) is 20.5 Å². The number of ether oxygens (including phenoxy) is 1. The summed E-state index contributed by atoms with van der Waals surface area (Å²) in [4.78, 5) is 26.6. The van der Waals surface area contributed by atoms with E-state index in [-0.39, 0.29) is 19.1 Å². The molecule has 2 heterocycles. The molecule has 1 fully saturated rings. The molecule has 1 N–H and O–H groups in total. The summed E-state index contributed by atoms with van der Waals surface area (Å²) in [5.41, 5.74) is 3.29. The summed E-state index contributed by atoms with van der Waals surface area (Å²) in [5, 5.41) is 10.7. The zero-order valence-electron chi connectivity index (χ0n) is 16.8. The highest BCUT2D eigenvalue weighted by atomic mass is 16.5. The van der Waals surface area contributed by atoms with Gasteiger partial charge in [0.15, 0.2) is 6.61 Å². The lowest BCUT2D eigenvalue weighted by molar-refractivity contribution is -0.148. The number of carbonyl (C=O) groups excluding carboxylic acids is 2. The fraction of sp³-hybridized carbons (Fsp3) is 0.364. The standard InChI is InChI=1S/C22H25N5O3/c28-21(16-30-22(29)15-27-20-8-4-3-7-19(20)24-25-27)23-17-9-11-18(12-10-17)26-13-5-1-2-6-14-26/h3-4,7-12H,1-2,5-6,13-16H2,(H,23,28). The van der Waals surface area contributed by atoms with Gasteiger partial charge < -0.3 is 15.0 Å². The van der Waals surface area contributed by atoms with Crippen LogP contribution >= 0.6 is 0 Å². The Hall–Kier alpha value is -3.42. The van der Waals surface area contributed by atoms with Crippen molar-refractivity contribution in [3.8, 4) is 0 Å². The van der Waals surface area contributed by atoms with E-state index in [1.165, 1.54) is 36.1 Å². The predicted octanol–water partition coefficient (Wildman–Crippen LogP) is 2.99. The Balaban J connectivity index is 1.25. The van der Waals surface area contributed by atoms with Gasteiger partial charge in [0.2, 0.25) is 0 Å². The highest BCUT2D eigenvalue weighted by molar-refractivity contribution is 5.93. The highest BCUT2D eigenvalue weighted by Crippen LogP contribution is 2.21. The van der Waals surface area contributed by atoms with Crippen molar-refractivity contribution in [1.82, 2.24) is 15.0 Å². The van der Waals surface area contributed by atoms with Crippen LogP contribution in [0.3, 0.4) is 0 Å². The van der Waals surface area contributed by atoms with Crippen molar-refractivity contribution in [2.45, 2.75) is 32.2 Å². The largest absolute Gasteiger partial charge is 0.454 e. The van der Waals surface area contributed by atoms with Gasteiger partial charge in [-0.3, -0.25) is 9.59 Å². The summed E-state index contributed by atoms with van der Waals surface area (Å²) >= 11 is 0. The number of amides is 1. The average molecular weight is 407 g/mol.